The highest BCUT2D eigenvalue weighted by molar-refractivity contribution is 6.09. The minimum atomic E-state index is -0.499. The summed E-state index contributed by atoms with van der Waals surface area (Å²) in [6.07, 6.45) is 0. The molecule has 0 unspecified atom stereocenters. The van der Waals surface area contributed by atoms with Gasteiger partial charge in [-0.25, -0.2) is 15.0 Å². The highest BCUT2D eigenvalue weighted by Gasteiger charge is 2.18. The fourth-order valence-electron chi connectivity index (χ4n) is 6.06. The molecule has 9 aromatic rings. The number of hydrogen-bond donors (Lipinski definition) is 0. The molecule has 0 fully saturated rings. The number of benzene rings is 7. The van der Waals surface area contributed by atoms with Crippen molar-refractivity contribution in [2.24, 2.45) is 0 Å². The second kappa shape index (κ2) is 11.2. The standard InChI is InChI=1S/C43H28N4/c1-3-14-30(15-4-1)35-26-25-34(28-40(35)47-38-21-11-9-19-36(38)37-20-10-12-22-39(37)47)43-45-41(31-16-5-2-6-17-31)44-42(46-43)33-24-23-29-13-7-8-18-32(29)27-33/h1-28H/i9D,10D,11D,12D,19D,20D,21D,22D. The Kier molecular flexibility index (Phi) is 4.74. The second-order valence-electron chi connectivity index (χ2n) is 11.1. The third kappa shape index (κ3) is 4.75. The first kappa shape index (κ1) is 19.9. The van der Waals surface area contributed by atoms with Gasteiger partial charge in [-0.05, 0) is 40.6 Å². The van der Waals surface area contributed by atoms with E-state index in [0.29, 0.717) is 34.3 Å². The Labute approximate surface area is 283 Å². The van der Waals surface area contributed by atoms with Crippen LogP contribution < -0.4 is 0 Å². The van der Waals surface area contributed by atoms with Gasteiger partial charge in [0.25, 0.3) is 0 Å². The van der Waals surface area contributed by atoms with Crippen molar-refractivity contribution in [3.05, 3.63) is 170 Å². The molecule has 0 amide bonds. The molecule has 0 spiro atoms. The van der Waals surface area contributed by atoms with Crippen LogP contribution in [0.3, 0.4) is 0 Å². The Morgan fingerprint density at radius 1 is 0.426 bits per heavy atom. The minimum Gasteiger partial charge on any atom is -0.309 e. The van der Waals surface area contributed by atoms with E-state index in [9.17, 15) is 0 Å². The van der Waals surface area contributed by atoms with E-state index in [-0.39, 0.29) is 33.9 Å². The van der Waals surface area contributed by atoms with E-state index in [1.807, 2.05) is 115 Å². The zero-order valence-corrected chi connectivity index (χ0v) is 24.8. The monoisotopic (exact) mass is 608 g/mol. The molecule has 47 heavy (non-hydrogen) atoms. The number of rotatable bonds is 5. The molecule has 0 saturated carbocycles. The SMILES string of the molecule is [2H]c1c([2H])c([2H])c2c(c1[2H])c1c([2H])c([2H])c([2H])c([2H])c1n2-c1cc(-c2nc(-c3ccccc3)nc(-c3ccc4ccccc4c3)n2)ccc1-c1ccccc1. The number of hydrogen-bond acceptors (Lipinski definition) is 3. The summed E-state index contributed by atoms with van der Waals surface area (Å²) in [4.78, 5) is 14.9. The molecule has 0 radical (unpaired) electrons. The van der Waals surface area contributed by atoms with E-state index >= 15 is 0 Å². The van der Waals surface area contributed by atoms with Gasteiger partial charge in [0.05, 0.1) is 27.7 Å². The van der Waals surface area contributed by atoms with Crippen molar-refractivity contribution in [1.29, 1.82) is 0 Å². The van der Waals surface area contributed by atoms with E-state index in [2.05, 4.69) is 0 Å². The molecule has 0 atom stereocenters. The maximum atomic E-state index is 9.13. The summed E-state index contributed by atoms with van der Waals surface area (Å²) < 4.78 is 72.0. The second-order valence-corrected chi connectivity index (χ2v) is 11.1. The molecule has 9 rings (SSSR count). The van der Waals surface area contributed by atoms with Crippen molar-refractivity contribution in [3.63, 3.8) is 0 Å². The molecule has 0 saturated heterocycles. The smallest absolute Gasteiger partial charge is 0.164 e. The third-order valence-corrected chi connectivity index (χ3v) is 8.29. The summed E-state index contributed by atoms with van der Waals surface area (Å²) in [6.45, 7) is 0. The topological polar surface area (TPSA) is 43.6 Å². The first-order valence-corrected chi connectivity index (χ1v) is 15.1. The Balaban J connectivity index is 1.39. The molecule has 2 aromatic heterocycles. The molecule has 4 nitrogen and oxygen atoms in total. The molecule has 220 valence electrons. The quantitative estimate of drug-likeness (QED) is 0.195. The lowest BCUT2D eigenvalue weighted by atomic mass is 10.0. The van der Waals surface area contributed by atoms with E-state index in [4.69, 9.17) is 25.9 Å². The predicted octanol–water partition coefficient (Wildman–Crippen LogP) is 10.8. The molecule has 0 bridgehead atoms. The van der Waals surface area contributed by atoms with Crippen molar-refractivity contribution in [3.8, 4) is 51.0 Å². The first-order chi connectivity index (χ1) is 26.6. The third-order valence-electron chi connectivity index (χ3n) is 8.29. The summed E-state index contributed by atoms with van der Waals surface area (Å²) in [5.41, 5.74) is 4.01. The molecular formula is C43H28N4. The van der Waals surface area contributed by atoms with Crippen LogP contribution in [0.25, 0.3) is 83.6 Å². The van der Waals surface area contributed by atoms with Gasteiger partial charge in [-0.15, -0.1) is 0 Å². The Hall–Kier alpha value is -6.39. The molecule has 2 heterocycles. The van der Waals surface area contributed by atoms with Gasteiger partial charge < -0.3 is 4.57 Å². The van der Waals surface area contributed by atoms with Gasteiger partial charge in [0.1, 0.15) is 0 Å². The molecule has 0 aliphatic heterocycles. The maximum Gasteiger partial charge on any atom is 0.164 e. The van der Waals surface area contributed by atoms with Crippen LogP contribution in [0, 0.1) is 0 Å². The van der Waals surface area contributed by atoms with Gasteiger partial charge in [0.15, 0.2) is 17.5 Å². The van der Waals surface area contributed by atoms with Crippen molar-refractivity contribution in [1.82, 2.24) is 19.5 Å². The summed E-state index contributed by atoms with van der Waals surface area (Å²) in [5.74, 6) is 1.23. The lowest BCUT2D eigenvalue weighted by molar-refractivity contribution is 1.07. The molecule has 7 aromatic carbocycles. The predicted molar refractivity (Wildman–Crippen MR) is 193 cm³/mol. The summed E-state index contributed by atoms with van der Waals surface area (Å²) >= 11 is 0. The summed E-state index contributed by atoms with van der Waals surface area (Å²) in [7, 11) is 0. The zero-order valence-electron chi connectivity index (χ0n) is 32.8. The van der Waals surface area contributed by atoms with Crippen molar-refractivity contribution in [2.75, 3.05) is 0 Å². The fourth-order valence-corrected chi connectivity index (χ4v) is 6.06. The average molecular weight is 609 g/mol. The molecular weight excluding hydrogens is 573 g/mol. The van der Waals surface area contributed by atoms with E-state index in [1.165, 1.54) is 4.57 Å². The van der Waals surface area contributed by atoms with Crippen LogP contribution in [0.1, 0.15) is 11.0 Å². The van der Waals surface area contributed by atoms with E-state index in [1.54, 1.807) is 6.07 Å². The van der Waals surface area contributed by atoms with Crippen LogP contribution in [0.4, 0.5) is 0 Å². The van der Waals surface area contributed by atoms with E-state index in [0.717, 1.165) is 27.5 Å². The van der Waals surface area contributed by atoms with Crippen molar-refractivity contribution < 1.29 is 11.0 Å². The average Bonchev–Trinajstić information content (AvgIpc) is 3.60. The number of para-hydroxylation sites is 2. The van der Waals surface area contributed by atoms with Gasteiger partial charge in [-0.1, -0.05) is 145 Å². The normalized spacial score (nSPS) is 13.8. The van der Waals surface area contributed by atoms with Crippen molar-refractivity contribution in [2.45, 2.75) is 0 Å². The van der Waals surface area contributed by atoms with Crippen LogP contribution >= 0.6 is 0 Å². The molecule has 0 aliphatic rings. The Morgan fingerprint density at radius 3 is 1.60 bits per heavy atom. The van der Waals surface area contributed by atoms with Crippen LogP contribution in [0.2, 0.25) is 0 Å². The van der Waals surface area contributed by atoms with Crippen LogP contribution in [0.15, 0.2) is 170 Å². The Bertz CT molecular complexity index is 2940. The molecule has 0 aliphatic carbocycles. The largest absolute Gasteiger partial charge is 0.309 e. The first-order valence-electron chi connectivity index (χ1n) is 19.1. The lowest BCUT2D eigenvalue weighted by Gasteiger charge is -2.16. The Morgan fingerprint density at radius 2 is 0.936 bits per heavy atom. The highest BCUT2D eigenvalue weighted by atomic mass is 15.0. The maximum absolute atomic E-state index is 9.13. The van der Waals surface area contributed by atoms with E-state index < -0.39 is 36.3 Å². The number of nitrogens with zero attached hydrogens (tertiary/aromatic N) is 4. The summed E-state index contributed by atoms with van der Waals surface area (Å²) in [6, 6.07) is 35.1. The van der Waals surface area contributed by atoms with Gasteiger partial charge in [-0.2, -0.15) is 0 Å². The van der Waals surface area contributed by atoms with Gasteiger partial charge in [-0.3, -0.25) is 0 Å². The highest BCUT2D eigenvalue weighted by Crippen LogP contribution is 2.38. The molecule has 0 N–H and O–H groups in total. The van der Waals surface area contributed by atoms with Crippen LogP contribution in [0.5, 0.6) is 0 Å². The van der Waals surface area contributed by atoms with Gasteiger partial charge in [0.2, 0.25) is 0 Å². The number of fused-ring (bicyclic) bond motifs is 4. The van der Waals surface area contributed by atoms with Crippen LogP contribution in [-0.2, 0) is 0 Å². The fraction of sp³-hybridized carbons (Fsp3) is 0. The van der Waals surface area contributed by atoms with Crippen molar-refractivity contribution >= 4 is 32.6 Å². The zero-order chi connectivity index (χ0) is 38.1. The van der Waals surface area contributed by atoms with Gasteiger partial charge in [0, 0.05) is 33.0 Å². The lowest BCUT2D eigenvalue weighted by Crippen LogP contribution is -2.02. The summed E-state index contributed by atoms with van der Waals surface area (Å²) in [5, 5.41) is 2.11. The number of aromatic nitrogens is 4. The van der Waals surface area contributed by atoms with Gasteiger partial charge >= 0.3 is 0 Å². The molecule has 4 heteroatoms. The van der Waals surface area contributed by atoms with Crippen LogP contribution in [-0.4, -0.2) is 19.5 Å². The minimum absolute atomic E-state index is 0.00234.